The minimum Gasteiger partial charge on any atom is -0.449 e. The molecule has 3 aromatic rings. The number of carbonyl (C=O) groups is 1. The maximum atomic E-state index is 13.0. The van der Waals surface area contributed by atoms with Crippen molar-refractivity contribution in [2.75, 3.05) is 23.4 Å². The summed E-state index contributed by atoms with van der Waals surface area (Å²) in [4.78, 5) is 20.3. The van der Waals surface area contributed by atoms with E-state index < -0.39 is 12.2 Å². The number of imidazole rings is 1. The highest BCUT2D eigenvalue weighted by Crippen LogP contribution is 2.45. The first kappa shape index (κ1) is 31.9. The number of aryl methyl sites for hydroxylation is 1. The second-order valence-corrected chi connectivity index (χ2v) is 12.7. The fourth-order valence-corrected chi connectivity index (χ4v) is 6.70. The van der Waals surface area contributed by atoms with Gasteiger partial charge in [-0.15, -0.1) is 0 Å². The highest BCUT2D eigenvalue weighted by atomic mass is 16.5. The lowest BCUT2D eigenvalue weighted by Gasteiger charge is -2.48. The van der Waals surface area contributed by atoms with Gasteiger partial charge in [0, 0.05) is 42.8 Å². The van der Waals surface area contributed by atoms with E-state index in [2.05, 4.69) is 67.6 Å². The zero-order valence-corrected chi connectivity index (χ0v) is 26.7. The molecule has 2 N–H and O–H groups in total. The van der Waals surface area contributed by atoms with E-state index in [1.54, 1.807) is 6.92 Å². The van der Waals surface area contributed by atoms with Gasteiger partial charge < -0.3 is 19.3 Å². The number of aliphatic hydroxyl groups is 1. The van der Waals surface area contributed by atoms with Crippen molar-refractivity contribution in [1.29, 1.82) is 0 Å². The largest absolute Gasteiger partial charge is 0.449 e. The zero-order chi connectivity index (χ0) is 30.3. The second-order valence-electron chi connectivity index (χ2n) is 12.7. The average molecular weight is 577 g/mol. The third-order valence-electron chi connectivity index (χ3n) is 8.71. The van der Waals surface area contributed by atoms with Crippen LogP contribution in [0, 0.1) is 0 Å². The Hall–Kier alpha value is -3.06. The van der Waals surface area contributed by atoms with Crippen LogP contribution in [0.1, 0.15) is 109 Å². The third kappa shape index (κ3) is 7.66. The van der Waals surface area contributed by atoms with Gasteiger partial charge in [0.2, 0.25) is 0 Å². The monoisotopic (exact) mass is 576 g/mol. The summed E-state index contributed by atoms with van der Waals surface area (Å²) in [7, 11) is 0. The smallest absolute Gasteiger partial charge is 0.411 e. The Morgan fingerprint density at radius 2 is 1.88 bits per heavy atom. The molecule has 7 nitrogen and oxygen atoms in total. The lowest BCUT2D eigenvalue weighted by Crippen LogP contribution is -2.49. The zero-order valence-electron chi connectivity index (χ0n) is 26.7. The van der Waals surface area contributed by atoms with Crippen molar-refractivity contribution in [1.82, 2.24) is 9.55 Å². The van der Waals surface area contributed by atoms with Crippen LogP contribution in [0.4, 0.5) is 16.2 Å². The number of ether oxygens (including phenoxy) is 1. The Labute approximate surface area is 252 Å². The minimum atomic E-state index is -0.525. The van der Waals surface area contributed by atoms with Gasteiger partial charge in [0.25, 0.3) is 0 Å². The molecule has 42 heavy (non-hydrogen) atoms. The highest BCUT2D eigenvalue weighted by molar-refractivity contribution is 5.87. The van der Waals surface area contributed by atoms with Crippen molar-refractivity contribution < 1.29 is 14.6 Å². The SMILES string of the molecule is CCCCCCCCN1c2cc(CC(C)O)c(NC(=O)OCCc3nc4ccccc4n3CC)cc2C(C)CC1(C)C. The molecule has 1 amide bonds. The molecule has 2 aromatic carbocycles. The van der Waals surface area contributed by atoms with E-state index in [9.17, 15) is 9.90 Å². The van der Waals surface area contributed by atoms with Crippen LogP contribution in [-0.2, 0) is 24.1 Å². The van der Waals surface area contributed by atoms with Gasteiger partial charge in [0.1, 0.15) is 12.4 Å². The van der Waals surface area contributed by atoms with Gasteiger partial charge >= 0.3 is 6.09 Å². The molecule has 0 radical (unpaired) electrons. The number of anilines is 2. The van der Waals surface area contributed by atoms with Gasteiger partial charge in [-0.25, -0.2) is 9.78 Å². The Morgan fingerprint density at radius 3 is 2.62 bits per heavy atom. The Bertz CT molecular complexity index is 1330. The van der Waals surface area contributed by atoms with E-state index in [1.165, 1.54) is 49.8 Å². The van der Waals surface area contributed by atoms with E-state index in [4.69, 9.17) is 9.72 Å². The number of rotatable bonds is 14. The van der Waals surface area contributed by atoms with Crippen LogP contribution in [0.2, 0.25) is 0 Å². The fraction of sp³-hybridized carbons (Fsp3) is 0.600. The number of benzene rings is 2. The first-order valence-corrected chi connectivity index (χ1v) is 16.1. The third-order valence-corrected chi connectivity index (χ3v) is 8.71. The molecule has 0 spiro atoms. The van der Waals surface area contributed by atoms with Gasteiger partial charge in [-0.1, -0.05) is 58.1 Å². The van der Waals surface area contributed by atoms with Gasteiger partial charge in [0.05, 0.1) is 17.1 Å². The van der Waals surface area contributed by atoms with Crippen molar-refractivity contribution in [2.24, 2.45) is 0 Å². The molecule has 4 rings (SSSR count). The van der Waals surface area contributed by atoms with Crippen LogP contribution in [0.5, 0.6) is 0 Å². The molecule has 2 unspecified atom stereocenters. The molecule has 0 bridgehead atoms. The summed E-state index contributed by atoms with van der Waals surface area (Å²) in [5.74, 6) is 1.27. The standard InChI is InChI=1S/C35H52N4O3/c1-7-9-10-11-12-15-19-39-32-22-27(21-26(4)40)30(23-28(32)25(3)24-35(39,5)6)37-34(41)42-20-18-33-36-29-16-13-14-17-31(29)38(33)8-2/h13-14,16-17,22-23,25-26,40H,7-12,15,18-21,24H2,1-6H3,(H,37,41). The van der Waals surface area contributed by atoms with Crippen LogP contribution in [0.25, 0.3) is 11.0 Å². The molecule has 7 heteroatoms. The lowest BCUT2D eigenvalue weighted by molar-refractivity contribution is 0.162. The minimum absolute atomic E-state index is 0.0425. The predicted molar refractivity (Wildman–Crippen MR) is 174 cm³/mol. The van der Waals surface area contributed by atoms with Gasteiger partial charge in [-0.3, -0.25) is 5.32 Å². The van der Waals surface area contributed by atoms with Crippen molar-refractivity contribution in [2.45, 2.75) is 123 Å². The topological polar surface area (TPSA) is 79.6 Å². The quantitative estimate of drug-likeness (QED) is 0.189. The Kier molecular flexibility index (Phi) is 10.9. The molecule has 0 fully saturated rings. The van der Waals surface area contributed by atoms with Gasteiger partial charge in [-0.05, 0) is 81.8 Å². The van der Waals surface area contributed by atoms with Crippen LogP contribution >= 0.6 is 0 Å². The Morgan fingerprint density at radius 1 is 1.14 bits per heavy atom. The molecule has 2 heterocycles. The molecular formula is C35H52N4O3. The van der Waals surface area contributed by atoms with Gasteiger partial charge in [0.15, 0.2) is 0 Å². The number of carbonyl (C=O) groups excluding carboxylic acids is 1. The number of aliphatic hydroxyl groups excluding tert-OH is 1. The number of aromatic nitrogens is 2. The molecule has 0 saturated carbocycles. The number of hydrogen-bond acceptors (Lipinski definition) is 5. The van der Waals surface area contributed by atoms with Crippen LogP contribution in [0.3, 0.4) is 0 Å². The molecule has 1 aromatic heterocycles. The van der Waals surface area contributed by atoms with E-state index >= 15 is 0 Å². The molecular weight excluding hydrogens is 524 g/mol. The summed E-state index contributed by atoms with van der Waals surface area (Å²) in [6.45, 7) is 15.2. The van der Waals surface area contributed by atoms with E-state index in [0.29, 0.717) is 18.8 Å². The van der Waals surface area contributed by atoms with E-state index in [0.717, 1.165) is 47.6 Å². The average Bonchev–Trinajstić information content (AvgIpc) is 3.29. The normalized spacial score (nSPS) is 16.8. The molecule has 1 aliphatic rings. The first-order chi connectivity index (χ1) is 20.1. The van der Waals surface area contributed by atoms with E-state index in [-0.39, 0.29) is 12.1 Å². The lowest BCUT2D eigenvalue weighted by atomic mass is 9.79. The highest BCUT2D eigenvalue weighted by Gasteiger charge is 2.36. The van der Waals surface area contributed by atoms with Crippen molar-refractivity contribution >= 4 is 28.5 Å². The van der Waals surface area contributed by atoms with Crippen LogP contribution < -0.4 is 10.2 Å². The van der Waals surface area contributed by atoms with Crippen molar-refractivity contribution in [3.8, 4) is 0 Å². The van der Waals surface area contributed by atoms with Crippen molar-refractivity contribution in [3.05, 3.63) is 53.3 Å². The van der Waals surface area contributed by atoms with Crippen LogP contribution in [-0.4, -0.2) is 45.5 Å². The van der Waals surface area contributed by atoms with Crippen LogP contribution in [0.15, 0.2) is 36.4 Å². The summed E-state index contributed by atoms with van der Waals surface area (Å²) < 4.78 is 7.81. The second kappa shape index (κ2) is 14.4. The number of nitrogens with one attached hydrogen (secondary N) is 1. The number of amides is 1. The fourth-order valence-electron chi connectivity index (χ4n) is 6.70. The number of hydrogen-bond donors (Lipinski definition) is 2. The molecule has 0 aliphatic carbocycles. The predicted octanol–water partition coefficient (Wildman–Crippen LogP) is 8.22. The summed E-state index contributed by atoms with van der Waals surface area (Å²) in [6, 6.07) is 12.4. The summed E-state index contributed by atoms with van der Waals surface area (Å²) in [6.07, 6.45) is 8.66. The maximum Gasteiger partial charge on any atom is 0.411 e. The summed E-state index contributed by atoms with van der Waals surface area (Å²) in [5.41, 5.74) is 6.25. The molecule has 0 saturated heterocycles. The van der Waals surface area contributed by atoms with E-state index in [1.807, 2.05) is 18.2 Å². The molecule has 2 atom stereocenters. The molecule has 230 valence electrons. The van der Waals surface area contributed by atoms with Crippen molar-refractivity contribution in [3.63, 3.8) is 0 Å². The van der Waals surface area contributed by atoms with Gasteiger partial charge in [-0.2, -0.15) is 0 Å². The summed E-state index contributed by atoms with van der Waals surface area (Å²) in [5, 5.41) is 13.4. The number of para-hydroxylation sites is 2. The molecule has 1 aliphatic heterocycles. The number of unbranched alkanes of at least 4 members (excludes halogenated alkanes) is 5. The maximum absolute atomic E-state index is 13.0. The number of fused-ring (bicyclic) bond motifs is 2. The summed E-state index contributed by atoms with van der Waals surface area (Å²) >= 11 is 0. The Balaban J connectivity index is 1.48. The first-order valence-electron chi connectivity index (χ1n) is 16.1. The number of nitrogens with zero attached hydrogens (tertiary/aromatic N) is 3.